The van der Waals surface area contributed by atoms with Gasteiger partial charge in [-0.1, -0.05) is 6.07 Å². The molecule has 0 atom stereocenters. The van der Waals surface area contributed by atoms with E-state index in [2.05, 4.69) is 10.6 Å². The molecule has 1 aromatic carbocycles. The summed E-state index contributed by atoms with van der Waals surface area (Å²) >= 11 is 0. The number of hydrogen-bond donors (Lipinski definition) is 3. The van der Waals surface area contributed by atoms with Crippen LogP contribution < -0.4 is 10.6 Å². The van der Waals surface area contributed by atoms with E-state index in [0.29, 0.717) is 36.9 Å². The molecule has 0 spiro atoms. The van der Waals surface area contributed by atoms with Gasteiger partial charge in [-0.3, -0.25) is 14.4 Å². The normalized spacial score (nSPS) is 20.6. The summed E-state index contributed by atoms with van der Waals surface area (Å²) in [5.41, 5.74) is 2.00. The molecule has 1 fully saturated rings. The first-order valence-corrected chi connectivity index (χ1v) is 7.78. The van der Waals surface area contributed by atoms with Crippen molar-refractivity contribution in [2.75, 3.05) is 5.32 Å². The maximum absolute atomic E-state index is 12.3. The molecule has 1 aromatic rings. The molecule has 0 aromatic heterocycles. The number of hydrogen-bond acceptors (Lipinski definition) is 3. The highest BCUT2D eigenvalue weighted by Crippen LogP contribution is 2.25. The van der Waals surface area contributed by atoms with Crippen LogP contribution in [0.15, 0.2) is 18.2 Å². The number of nitrogens with one attached hydrogen (secondary N) is 2. The van der Waals surface area contributed by atoms with Crippen LogP contribution in [0.1, 0.15) is 48.5 Å². The highest BCUT2D eigenvalue weighted by Gasteiger charge is 2.26. The Kier molecular flexibility index (Phi) is 5.36. The van der Waals surface area contributed by atoms with E-state index in [9.17, 15) is 14.4 Å². The highest BCUT2D eigenvalue weighted by atomic mass is 16.4. The van der Waals surface area contributed by atoms with Gasteiger partial charge in [-0.05, 0) is 50.3 Å². The molecule has 1 aliphatic carbocycles. The fourth-order valence-electron chi connectivity index (χ4n) is 2.84. The van der Waals surface area contributed by atoms with Crippen molar-refractivity contribution in [2.24, 2.45) is 5.92 Å². The Morgan fingerprint density at radius 3 is 2.35 bits per heavy atom. The van der Waals surface area contributed by atoms with Crippen molar-refractivity contribution in [2.45, 2.75) is 45.6 Å². The molecule has 6 heteroatoms. The van der Waals surface area contributed by atoms with Gasteiger partial charge in [0.05, 0.1) is 5.92 Å². The lowest BCUT2D eigenvalue weighted by Crippen LogP contribution is -2.38. The van der Waals surface area contributed by atoms with Gasteiger partial charge in [0.25, 0.3) is 5.91 Å². The largest absolute Gasteiger partial charge is 0.481 e. The molecule has 0 saturated heterocycles. The van der Waals surface area contributed by atoms with Gasteiger partial charge < -0.3 is 15.7 Å². The lowest BCUT2D eigenvalue weighted by atomic mass is 9.86. The fraction of sp³-hybridized carbons (Fsp3) is 0.471. The fourth-order valence-corrected chi connectivity index (χ4v) is 2.84. The van der Waals surface area contributed by atoms with Gasteiger partial charge in [0.2, 0.25) is 5.91 Å². The summed E-state index contributed by atoms with van der Waals surface area (Å²) < 4.78 is 0. The monoisotopic (exact) mass is 318 g/mol. The maximum Gasteiger partial charge on any atom is 0.306 e. The van der Waals surface area contributed by atoms with E-state index in [-0.39, 0.29) is 23.8 Å². The quantitative estimate of drug-likeness (QED) is 0.794. The predicted octanol–water partition coefficient (Wildman–Crippen LogP) is 2.33. The molecule has 0 unspecified atom stereocenters. The predicted molar refractivity (Wildman–Crippen MR) is 86.3 cm³/mol. The zero-order valence-corrected chi connectivity index (χ0v) is 13.4. The molecule has 2 amide bonds. The molecule has 3 N–H and O–H groups in total. The van der Waals surface area contributed by atoms with Crippen molar-refractivity contribution in [3.8, 4) is 0 Å². The Labute approximate surface area is 135 Å². The van der Waals surface area contributed by atoms with Crippen LogP contribution in [-0.2, 0) is 9.59 Å². The second kappa shape index (κ2) is 7.26. The maximum atomic E-state index is 12.3. The lowest BCUT2D eigenvalue weighted by Gasteiger charge is -2.26. The average Bonchev–Trinajstić information content (AvgIpc) is 2.49. The molecule has 124 valence electrons. The number of aliphatic carboxylic acids is 1. The molecule has 0 bridgehead atoms. The minimum atomic E-state index is -0.756. The van der Waals surface area contributed by atoms with E-state index in [0.717, 1.165) is 5.56 Å². The molecule has 23 heavy (non-hydrogen) atoms. The smallest absolute Gasteiger partial charge is 0.306 e. The van der Waals surface area contributed by atoms with E-state index >= 15 is 0 Å². The van der Waals surface area contributed by atoms with Gasteiger partial charge in [0.15, 0.2) is 0 Å². The first-order valence-electron chi connectivity index (χ1n) is 7.78. The van der Waals surface area contributed by atoms with Gasteiger partial charge >= 0.3 is 5.97 Å². The molecule has 0 aliphatic heterocycles. The summed E-state index contributed by atoms with van der Waals surface area (Å²) in [6.45, 7) is 3.28. The van der Waals surface area contributed by atoms with Crippen LogP contribution in [0.5, 0.6) is 0 Å². The van der Waals surface area contributed by atoms with E-state index < -0.39 is 5.97 Å². The first-order chi connectivity index (χ1) is 10.9. The van der Waals surface area contributed by atoms with Gasteiger partial charge in [-0.15, -0.1) is 0 Å². The van der Waals surface area contributed by atoms with Crippen molar-refractivity contribution in [3.05, 3.63) is 29.3 Å². The minimum Gasteiger partial charge on any atom is -0.481 e. The highest BCUT2D eigenvalue weighted by molar-refractivity contribution is 5.97. The number of amides is 2. The Hall–Kier alpha value is -2.37. The summed E-state index contributed by atoms with van der Waals surface area (Å²) in [7, 11) is 0. The van der Waals surface area contributed by atoms with Crippen LogP contribution >= 0.6 is 0 Å². The molecular weight excluding hydrogens is 296 g/mol. The van der Waals surface area contributed by atoms with Gasteiger partial charge in [-0.25, -0.2) is 0 Å². The second-order valence-electron chi connectivity index (χ2n) is 6.07. The minimum absolute atomic E-state index is 0.00335. The van der Waals surface area contributed by atoms with Crippen LogP contribution in [-0.4, -0.2) is 28.9 Å². The van der Waals surface area contributed by atoms with Gasteiger partial charge in [0, 0.05) is 24.2 Å². The third-order valence-electron chi connectivity index (χ3n) is 4.22. The Bertz CT molecular complexity index is 619. The summed E-state index contributed by atoms with van der Waals surface area (Å²) in [5.74, 6) is -1.44. The third-order valence-corrected chi connectivity index (χ3v) is 4.22. The van der Waals surface area contributed by atoms with E-state index in [4.69, 9.17) is 5.11 Å². The van der Waals surface area contributed by atoms with E-state index in [1.807, 2.05) is 6.92 Å². The van der Waals surface area contributed by atoms with Crippen molar-refractivity contribution in [1.82, 2.24) is 5.32 Å². The zero-order valence-electron chi connectivity index (χ0n) is 13.4. The van der Waals surface area contributed by atoms with Crippen LogP contribution in [0.2, 0.25) is 0 Å². The zero-order chi connectivity index (χ0) is 17.0. The van der Waals surface area contributed by atoms with Crippen molar-refractivity contribution in [3.63, 3.8) is 0 Å². The topological polar surface area (TPSA) is 95.5 Å². The number of aryl methyl sites for hydroxylation is 1. The Balaban J connectivity index is 1.98. The summed E-state index contributed by atoms with van der Waals surface area (Å²) in [5, 5.41) is 14.6. The Morgan fingerprint density at radius 1 is 1.13 bits per heavy atom. The summed E-state index contributed by atoms with van der Waals surface area (Å²) in [4.78, 5) is 34.5. The lowest BCUT2D eigenvalue weighted by molar-refractivity contribution is -0.142. The number of rotatable bonds is 4. The van der Waals surface area contributed by atoms with E-state index in [1.165, 1.54) is 6.92 Å². The number of anilines is 1. The summed E-state index contributed by atoms with van der Waals surface area (Å²) in [6.07, 6.45) is 2.52. The summed E-state index contributed by atoms with van der Waals surface area (Å²) in [6, 6.07) is 5.18. The van der Waals surface area contributed by atoms with Gasteiger partial charge in [-0.2, -0.15) is 0 Å². The van der Waals surface area contributed by atoms with Gasteiger partial charge in [0.1, 0.15) is 0 Å². The number of carbonyl (C=O) groups is 3. The molecule has 6 nitrogen and oxygen atoms in total. The van der Waals surface area contributed by atoms with Crippen molar-refractivity contribution < 1.29 is 19.5 Å². The third kappa shape index (κ3) is 4.55. The second-order valence-corrected chi connectivity index (χ2v) is 6.07. The molecule has 2 rings (SSSR count). The molecular formula is C17H22N2O4. The molecule has 1 saturated carbocycles. The Morgan fingerprint density at radius 2 is 1.78 bits per heavy atom. The standard InChI is InChI=1S/C17H22N2O4/c1-10-3-4-13(9-15(10)18-11(2)20)16(21)19-14-7-5-12(6-8-14)17(22)23/h3-4,9,12,14H,5-8H2,1-2H3,(H,18,20)(H,19,21)(H,22,23). The van der Waals surface area contributed by atoms with Crippen molar-refractivity contribution >= 4 is 23.5 Å². The van der Waals surface area contributed by atoms with Crippen LogP contribution in [0.25, 0.3) is 0 Å². The molecule has 0 radical (unpaired) electrons. The number of benzene rings is 1. The van der Waals surface area contributed by atoms with Crippen LogP contribution in [0.4, 0.5) is 5.69 Å². The van der Waals surface area contributed by atoms with E-state index in [1.54, 1.807) is 18.2 Å². The first kappa shape index (κ1) is 17.0. The van der Waals surface area contributed by atoms with Crippen LogP contribution in [0.3, 0.4) is 0 Å². The number of carboxylic acids is 1. The van der Waals surface area contributed by atoms with Crippen molar-refractivity contribution in [1.29, 1.82) is 0 Å². The average molecular weight is 318 g/mol. The number of carbonyl (C=O) groups excluding carboxylic acids is 2. The molecule has 1 aliphatic rings. The van der Waals surface area contributed by atoms with Crippen LogP contribution in [0, 0.1) is 12.8 Å². The molecule has 0 heterocycles. The number of carboxylic acid groups (broad SMARTS) is 1. The SMILES string of the molecule is CC(=O)Nc1cc(C(=O)NC2CCC(C(=O)O)CC2)ccc1C.